The van der Waals surface area contributed by atoms with Crippen molar-refractivity contribution in [3.63, 3.8) is 0 Å². The number of carbonyl (C=O) groups is 1. The van der Waals surface area contributed by atoms with E-state index >= 15 is 0 Å². The Labute approximate surface area is 116 Å². The predicted molar refractivity (Wildman–Crippen MR) is 79.6 cm³/mol. The van der Waals surface area contributed by atoms with Gasteiger partial charge in [0.25, 0.3) is 0 Å². The Balaban J connectivity index is 2.42. The summed E-state index contributed by atoms with van der Waals surface area (Å²) in [4.78, 5) is 14.7. The van der Waals surface area contributed by atoms with E-state index in [1.807, 2.05) is 30.9 Å². The topological polar surface area (TPSA) is 32.3 Å². The first-order valence-electron chi connectivity index (χ1n) is 7.09. The zero-order chi connectivity index (χ0) is 14.0. The molecule has 3 nitrogen and oxygen atoms in total. The van der Waals surface area contributed by atoms with Crippen molar-refractivity contribution in [2.45, 2.75) is 45.6 Å². The quantitative estimate of drug-likeness (QED) is 0.886. The smallest absolute Gasteiger partial charge is 0.246 e. The summed E-state index contributed by atoms with van der Waals surface area (Å²) in [7, 11) is 0. The van der Waals surface area contributed by atoms with Crippen LogP contribution in [0.5, 0.6) is 0 Å². The van der Waals surface area contributed by atoms with Gasteiger partial charge in [-0.1, -0.05) is 32.0 Å². The van der Waals surface area contributed by atoms with Crippen LogP contribution in [-0.4, -0.2) is 24.5 Å². The molecule has 1 aromatic rings. The Morgan fingerprint density at radius 2 is 1.95 bits per heavy atom. The summed E-state index contributed by atoms with van der Waals surface area (Å²) in [5, 5.41) is 3.33. The number of nitrogens with zero attached hydrogens (tertiary/aromatic N) is 1. The van der Waals surface area contributed by atoms with E-state index in [1.165, 1.54) is 5.56 Å². The number of benzene rings is 1. The number of anilines is 1. The third-order valence-corrected chi connectivity index (χ3v) is 3.75. The van der Waals surface area contributed by atoms with Gasteiger partial charge in [0.2, 0.25) is 5.91 Å². The summed E-state index contributed by atoms with van der Waals surface area (Å²) in [6.07, 6.45) is 0.988. The van der Waals surface area contributed by atoms with Crippen LogP contribution >= 0.6 is 0 Å². The molecule has 1 amide bonds. The molecule has 0 radical (unpaired) electrons. The van der Waals surface area contributed by atoms with E-state index in [0.29, 0.717) is 5.92 Å². The molecule has 2 rings (SSSR count). The van der Waals surface area contributed by atoms with Crippen LogP contribution in [0.4, 0.5) is 5.69 Å². The molecular formula is C16H24N2O. The van der Waals surface area contributed by atoms with E-state index in [9.17, 15) is 4.79 Å². The number of hydrogen-bond donors (Lipinski definition) is 1. The first-order valence-corrected chi connectivity index (χ1v) is 7.09. The number of amides is 1. The fraction of sp³-hybridized carbons (Fsp3) is 0.562. The van der Waals surface area contributed by atoms with Crippen LogP contribution in [-0.2, 0) is 4.79 Å². The molecule has 0 atom stereocenters. The molecule has 0 spiro atoms. The SMILES string of the molecule is CC(C)c1ccccc1N1CCCNC(C)(C)C1=O. The highest BCUT2D eigenvalue weighted by molar-refractivity contribution is 6.00. The largest absolute Gasteiger partial charge is 0.311 e. The summed E-state index contributed by atoms with van der Waals surface area (Å²) in [5.74, 6) is 0.585. The molecule has 1 N–H and O–H groups in total. The first kappa shape index (κ1) is 14.1. The standard InChI is InChI=1S/C16H24N2O/c1-12(2)13-8-5-6-9-14(13)18-11-7-10-17-16(3,4)15(18)19/h5-6,8-9,12,17H,7,10-11H2,1-4H3. The van der Waals surface area contributed by atoms with Crippen molar-refractivity contribution < 1.29 is 4.79 Å². The lowest BCUT2D eigenvalue weighted by molar-refractivity contribution is -0.123. The molecule has 1 heterocycles. The van der Waals surface area contributed by atoms with Gasteiger partial charge in [0.15, 0.2) is 0 Å². The molecule has 1 fully saturated rings. The lowest BCUT2D eigenvalue weighted by atomic mass is 9.98. The van der Waals surface area contributed by atoms with Crippen LogP contribution in [0.1, 0.15) is 45.6 Å². The second-order valence-electron chi connectivity index (χ2n) is 6.08. The van der Waals surface area contributed by atoms with Crippen molar-refractivity contribution in [1.82, 2.24) is 5.32 Å². The maximum atomic E-state index is 12.7. The van der Waals surface area contributed by atoms with Crippen molar-refractivity contribution in [3.8, 4) is 0 Å². The second-order valence-corrected chi connectivity index (χ2v) is 6.08. The second kappa shape index (κ2) is 5.33. The van der Waals surface area contributed by atoms with E-state index in [4.69, 9.17) is 0 Å². The van der Waals surface area contributed by atoms with E-state index < -0.39 is 5.54 Å². The maximum absolute atomic E-state index is 12.7. The summed E-state index contributed by atoms with van der Waals surface area (Å²) >= 11 is 0. The highest BCUT2D eigenvalue weighted by Crippen LogP contribution is 2.29. The van der Waals surface area contributed by atoms with E-state index in [1.54, 1.807) is 0 Å². The van der Waals surface area contributed by atoms with E-state index in [2.05, 4.69) is 31.3 Å². The van der Waals surface area contributed by atoms with Gasteiger partial charge in [-0.25, -0.2) is 0 Å². The average molecular weight is 260 g/mol. The molecule has 0 saturated carbocycles. The minimum Gasteiger partial charge on any atom is -0.311 e. The van der Waals surface area contributed by atoms with Crippen molar-refractivity contribution in [3.05, 3.63) is 29.8 Å². The highest BCUT2D eigenvalue weighted by atomic mass is 16.2. The lowest BCUT2D eigenvalue weighted by Gasteiger charge is -2.31. The Morgan fingerprint density at radius 1 is 1.26 bits per heavy atom. The van der Waals surface area contributed by atoms with Crippen LogP contribution < -0.4 is 10.2 Å². The number of rotatable bonds is 2. The van der Waals surface area contributed by atoms with Gasteiger partial charge in [-0.3, -0.25) is 4.79 Å². The van der Waals surface area contributed by atoms with Crippen LogP contribution in [0.15, 0.2) is 24.3 Å². The van der Waals surface area contributed by atoms with Gasteiger partial charge in [-0.15, -0.1) is 0 Å². The van der Waals surface area contributed by atoms with E-state index in [0.717, 1.165) is 25.2 Å². The van der Waals surface area contributed by atoms with Gasteiger partial charge in [-0.2, -0.15) is 0 Å². The lowest BCUT2D eigenvalue weighted by Crippen LogP contribution is -2.52. The number of hydrogen-bond acceptors (Lipinski definition) is 2. The minimum atomic E-state index is -0.486. The Kier molecular flexibility index (Phi) is 3.95. The Morgan fingerprint density at radius 3 is 2.63 bits per heavy atom. The van der Waals surface area contributed by atoms with E-state index in [-0.39, 0.29) is 5.91 Å². The number of para-hydroxylation sites is 1. The summed E-state index contributed by atoms with van der Waals surface area (Å²) in [6.45, 7) is 9.95. The summed E-state index contributed by atoms with van der Waals surface area (Å²) in [5.41, 5.74) is 1.83. The predicted octanol–water partition coefficient (Wildman–Crippen LogP) is 2.91. The monoisotopic (exact) mass is 260 g/mol. The molecule has 1 aliphatic heterocycles. The van der Waals surface area contributed by atoms with Crippen LogP contribution in [0.3, 0.4) is 0 Å². The zero-order valence-corrected chi connectivity index (χ0v) is 12.4. The number of carbonyl (C=O) groups excluding carboxylic acids is 1. The average Bonchev–Trinajstić information content (AvgIpc) is 2.50. The van der Waals surface area contributed by atoms with Gasteiger partial charge in [0.05, 0.1) is 5.54 Å². The third kappa shape index (κ3) is 2.81. The molecule has 19 heavy (non-hydrogen) atoms. The molecule has 104 valence electrons. The van der Waals surface area contributed by atoms with Crippen molar-refractivity contribution in [1.29, 1.82) is 0 Å². The Hall–Kier alpha value is -1.35. The maximum Gasteiger partial charge on any atom is 0.246 e. The molecule has 1 aliphatic rings. The molecular weight excluding hydrogens is 236 g/mol. The normalized spacial score (nSPS) is 19.6. The van der Waals surface area contributed by atoms with Gasteiger partial charge >= 0.3 is 0 Å². The van der Waals surface area contributed by atoms with Crippen molar-refractivity contribution in [2.75, 3.05) is 18.0 Å². The Bertz CT molecular complexity index is 466. The van der Waals surface area contributed by atoms with Gasteiger partial charge in [0, 0.05) is 12.2 Å². The van der Waals surface area contributed by atoms with Crippen LogP contribution in [0.25, 0.3) is 0 Å². The summed E-state index contributed by atoms with van der Waals surface area (Å²) < 4.78 is 0. The fourth-order valence-corrected chi connectivity index (χ4v) is 2.60. The first-order chi connectivity index (χ1) is 8.93. The molecule has 0 unspecified atom stereocenters. The molecule has 0 bridgehead atoms. The van der Waals surface area contributed by atoms with Gasteiger partial charge < -0.3 is 10.2 Å². The molecule has 1 aromatic carbocycles. The van der Waals surface area contributed by atoms with Crippen LogP contribution in [0.2, 0.25) is 0 Å². The van der Waals surface area contributed by atoms with Crippen molar-refractivity contribution >= 4 is 11.6 Å². The van der Waals surface area contributed by atoms with Gasteiger partial charge in [0.1, 0.15) is 0 Å². The number of nitrogens with one attached hydrogen (secondary N) is 1. The molecule has 3 heteroatoms. The minimum absolute atomic E-state index is 0.165. The van der Waals surface area contributed by atoms with Gasteiger partial charge in [-0.05, 0) is 44.4 Å². The molecule has 1 saturated heterocycles. The highest BCUT2D eigenvalue weighted by Gasteiger charge is 2.35. The zero-order valence-electron chi connectivity index (χ0n) is 12.4. The fourth-order valence-electron chi connectivity index (χ4n) is 2.60. The van der Waals surface area contributed by atoms with Crippen molar-refractivity contribution in [2.24, 2.45) is 0 Å². The van der Waals surface area contributed by atoms with Crippen LogP contribution in [0, 0.1) is 0 Å². The third-order valence-electron chi connectivity index (χ3n) is 3.75. The molecule has 0 aliphatic carbocycles. The molecule has 0 aromatic heterocycles. The summed E-state index contributed by atoms with van der Waals surface area (Å²) in [6, 6.07) is 8.25.